The Morgan fingerprint density at radius 3 is 2.26 bits per heavy atom. The van der Waals surface area contributed by atoms with Crippen LogP contribution in [0.5, 0.6) is 5.75 Å². The smallest absolute Gasteiger partial charge is 0.356 e. The molecule has 1 atom stereocenters. The lowest BCUT2D eigenvalue weighted by Crippen LogP contribution is -2.35. The molecular weight excluding hydrogens is 448 g/mol. The Labute approximate surface area is 205 Å². The van der Waals surface area contributed by atoms with Gasteiger partial charge >= 0.3 is 11.9 Å². The Morgan fingerprint density at radius 2 is 1.63 bits per heavy atom. The average molecular weight is 483 g/mol. The van der Waals surface area contributed by atoms with Crippen molar-refractivity contribution < 1.29 is 29.3 Å². The summed E-state index contributed by atoms with van der Waals surface area (Å²) < 4.78 is 5.03. The van der Waals surface area contributed by atoms with Crippen molar-refractivity contribution in [1.82, 2.24) is 5.32 Å². The van der Waals surface area contributed by atoms with Crippen molar-refractivity contribution in [1.29, 1.82) is 0 Å². The Morgan fingerprint density at radius 1 is 0.971 bits per heavy atom. The predicted molar refractivity (Wildman–Crippen MR) is 133 cm³/mol. The first kappa shape index (κ1) is 26.1. The number of aliphatic carboxylic acids is 2. The summed E-state index contributed by atoms with van der Waals surface area (Å²) in [5, 5.41) is 21.1. The van der Waals surface area contributed by atoms with Crippen LogP contribution < -0.4 is 15.0 Å². The highest BCUT2D eigenvalue weighted by Gasteiger charge is 2.28. The van der Waals surface area contributed by atoms with Crippen LogP contribution in [0.15, 0.2) is 48.5 Å². The molecule has 0 aliphatic carbocycles. The first-order chi connectivity index (χ1) is 16.9. The van der Waals surface area contributed by atoms with E-state index < -0.39 is 18.0 Å². The first-order valence-corrected chi connectivity index (χ1v) is 12.2. The number of ether oxygens (including phenoxy) is 1. The molecule has 0 aromatic heterocycles. The highest BCUT2D eigenvalue weighted by molar-refractivity contribution is 5.96. The number of benzene rings is 2. The maximum atomic E-state index is 13.0. The van der Waals surface area contributed by atoms with Gasteiger partial charge in [0.05, 0.1) is 12.5 Å². The number of piperidine rings is 1. The lowest BCUT2D eigenvalue weighted by Gasteiger charge is -2.33. The third-order valence-corrected chi connectivity index (χ3v) is 6.18. The molecule has 3 N–H and O–H groups in total. The number of carbonyl (C=O) groups is 3. The van der Waals surface area contributed by atoms with Crippen molar-refractivity contribution in [2.24, 2.45) is 0 Å². The number of anilines is 1. The van der Waals surface area contributed by atoms with E-state index in [0.29, 0.717) is 0 Å². The number of amides is 1. The van der Waals surface area contributed by atoms with Gasteiger partial charge in [-0.15, -0.1) is 0 Å². The summed E-state index contributed by atoms with van der Waals surface area (Å²) in [5.41, 5.74) is 3.06. The number of carboxylic acid groups (broad SMARTS) is 2. The highest BCUT2D eigenvalue weighted by Crippen LogP contribution is 2.31. The Hall–Kier alpha value is -3.55. The van der Waals surface area contributed by atoms with Gasteiger partial charge in [-0.05, 0) is 55.0 Å². The van der Waals surface area contributed by atoms with Crippen LogP contribution in [0.1, 0.15) is 62.6 Å². The van der Waals surface area contributed by atoms with Gasteiger partial charge in [0.2, 0.25) is 5.91 Å². The Balaban J connectivity index is 1.68. The van der Waals surface area contributed by atoms with Gasteiger partial charge in [0, 0.05) is 18.8 Å². The summed E-state index contributed by atoms with van der Waals surface area (Å²) in [6.45, 7) is 4.20. The molecule has 0 radical (unpaired) electrons. The number of carboxylic acids is 2. The van der Waals surface area contributed by atoms with Crippen molar-refractivity contribution in [3.8, 4) is 5.75 Å². The second-order valence-corrected chi connectivity index (χ2v) is 8.86. The minimum Gasteiger partial charge on any atom is -0.478 e. The molecule has 3 rings (SSSR count). The van der Waals surface area contributed by atoms with E-state index in [-0.39, 0.29) is 24.1 Å². The van der Waals surface area contributed by atoms with Crippen molar-refractivity contribution >= 4 is 23.5 Å². The Bertz CT molecular complexity index is 987. The van der Waals surface area contributed by atoms with E-state index in [4.69, 9.17) is 14.9 Å². The molecule has 1 heterocycles. The molecule has 0 bridgehead atoms. The molecular formula is C27H34N2O6. The van der Waals surface area contributed by atoms with E-state index in [2.05, 4.69) is 35.3 Å². The first-order valence-electron chi connectivity index (χ1n) is 12.2. The van der Waals surface area contributed by atoms with Crippen molar-refractivity contribution in [3.05, 3.63) is 59.7 Å². The summed E-state index contributed by atoms with van der Waals surface area (Å²) in [6.07, 6.45) is 4.67. The molecule has 188 valence electrons. The SMILES string of the molecule is CCCCC(NC(=O)Cc1ccc(OC(C(=O)O)C(=O)O)cc1)c1ccccc1N1CCCCC1. The summed E-state index contributed by atoms with van der Waals surface area (Å²) in [4.78, 5) is 37.4. The van der Waals surface area contributed by atoms with Gasteiger partial charge in [-0.25, -0.2) is 9.59 Å². The fraction of sp³-hybridized carbons (Fsp3) is 0.444. The summed E-state index contributed by atoms with van der Waals surface area (Å²) in [5.74, 6) is -3.16. The van der Waals surface area contributed by atoms with Gasteiger partial charge in [-0.1, -0.05) is 50.1 Å². The van der Waals surface area contributed by atoms with Crippen LogP contribution in [-0.2, 0) is 20.8 Å². The topological polar surface area (TPSA) is 116 Å². The number of carbonyl (C=O) groups excluding carboxylic acids is 1. The second-order valence-electron chi connectivity index (χ2n) is 8.86. The average Bonchev–Trinajstić information content (AvgIpc) is 2.86. The zero-order valence-electron chi connectivity index (χ0n) is 20.1. The number of hydrogen-bond donors (Lipinski definition) is 3. The zero-order valence-corrected chi connectivity index (χ0v) is 20.1. The van der Waals surface area contributed by atoms with E-state index in [1.54, 1.807) is 12.1 Å². The van der Waals surface area contributed by atoms with Crippen LogP contribution in [-0.4, -0.2) is 47.3 Å². The van der Waals surface area contributed by atoms with Gasteiger partial charge in [0.1, 0.15) is 5.75 Å². The molecule has 1 amide bonds. The third-order valence-electron chi connectivity index (χ3n) is 6.18. The highest BCUT2D eigenvalue weighted by atomic mass is 16.5. The van der Waals surface area contributed by atoms with Gasteiger partial charge < -0.3 is 25.2 Å². The summed E-state index contributed by atoms with van der Waals surface area (Å²) in [7, 11) is 0. The molecule has 1 aliphatic heterocycles. The van der Waals surface area contributed by atoms with E-state index in [0.717, 1.165) is 43.5 Å². The normalized spacial score (nSPS) is 14.4. The van der Waals surface area contributed by atoms with Gasteiger partial charge in [0.15, 0.2) is 0 Å². The fourth-order valence-corrected chi connectivity index (χ4v) is 4.38. The van der Waals surface area contributed by atoms with Crippen LogP contribution in [0.2, 0.25) is 0 Å². The predicted octanol–water partition coefficient (Wildman–Crippen LogP) is 4.18. The number of nitrogens with one attached hydrogen (secondary N) is 1. The van der Waals surface area contributed by atoms with Crippen LogP contribution in [0, 0.1) is 0 Å². The minimum absolute atomic E-state index is 0.0879. The van der Waals surface area contributed by atoms with Gasteiger partial charge in [-0.2, -0.15) is 0 Å². The quantitative estimate of drug-likeness (QED) is 0.389. The molecule has 8 nitrogen and oxygen atoms in total. The van der Waals surface area contributed by atoms with Gasteiger partial charge in [-0.3, -0.25) is 4.79 Å². The molecule has 0 spiro atoms. The van der Waals surface area contributed by atoms with Crippen molar-refractivity contribution in [2.75, 3.05) is 18.0 Å². The number of hydrogen-bond acceptors (Lipinski definition) is 5. The zero-order chi connectivity index (χ0) is 25.2. The minimum atomic E-state index is -1.98. The maximum Gasteiger partial charge on any atom is 0.356 e. The Kier molecular flexibility index (Phi) is 9.52. The van der Waals surface area contributed by atoms with Crippen LogP contribution in [0.3, 0.4) is 0 Å². The molecule has 1 fully saturated rings. The lowest BCUT2D eigenvalue weighted by atomic mass is 9.97. The number of rotatable bonds is 12. The second kappa shape index (κ2) is 12.8. The van der Waals surface area contributed by atoms with E-state index >= 15 is 0 Å². The maximum absolute atomic E-state index is 13.0. The van der Waals surface area contributed by atoms with Gasteiger partial charge in [0.25, 0.3) is 6.10 Å². The third kappa shape index (κ3) is 7.47. The van der Waals surface area contributed by atoms with Crippen LogP contribution >= 0.6 is 0 Å². The molecule has 0 saturated carbocycles. The van der Waals surface area contributed by atoms with E-state index in [1.165, 1.54) is 37.1 Å². The molecule has 1 saturated heterocycles. The van der Waals surface area contributed by atoms with E-state index in [1.807, 2.05) is 6.07 Å². The molecule has 1 unspecified atom stereocenters. The summed E-state index contributed by atoms with van der Waals surface area (Å²) in [6, 6.07) is 14.5. The molecule has 2 aromatic carbocycles. The number of nitrogens with zero attached hydrogens (tertiary/aromatic N) is 1. The van der Waals surface area contributed by atoms with Crippen molar-refractivity contribution in [3.63, 3.8) is 0 Å². The standard InChI is InChI=1S/C27H34N2O6/c1-2-3-10-22(21-9-5-6-11-23(21)29-16-7-4-8-17-29)28-24(30)18-19-12-14-20(15-13-19)35-25(26(31)32)27(33)34/h5-6,9,11-15,22,25H,2-4,7-8,10,16-18H2,1H3,(H,28,30)(H,31,32)(H,33,34). The molecule has 8 heteroatoms. The number of para-hydroxylation sites is 1. The number of unbranched alkanes of at least 4 members (excludes halogenated alkanes) is 1. The molecule has 2 aromatic rings. The molecule has 35 heavy (non-hydrogen) atoms. The van der Waals surface area contributed by atoms with Crippen LogP contribution in [0.4, 0.5) is 5.69 Å². The lowest BCUT2D eigenvalue weighted by molar-refractivity contribution is -0.159. The fourth-order valence-electron chi connectivity index (χ4n) is 4.38. The van der Waals surface area contributed by atoms with E-state index in [9.17, 15) is 14.4 Å². The summed E-state index contributed by atoms with van der Waals surface area (Å²) >= 11 is 0. The van der Waals surface area contributed by atoms with Crippen molar-refractivity contribution in [2.45, 2.75) is 64.0 Å². The largest absolute Gasteiger partial charge is 0.478 e. The van der Waals surface area contributed by atoms with Crippen LogP contribution in [0.25, 0.3) is 0 Å². The molecule has 1 aliphatic rings. The monoisotopic (exact) mass is 482 g/mol.